The van der Waals surface area contributed by atoms with Gasteiger partial charge in [-0.25, -0.2) is 8.78 Å². The molecule has 0 aliphatic heterocycles. The van der Waals surface area contributed by atoms with Gasteiger partial charge in [-0.1, -0.05) is 20.8 Å². The largest absolute Gasteiger partial charge is 0.460 e. The van der Waals surface area contributed by atoms with E-state index < -0.39 is 37.5 Å². The van der Waals surface area contributed by atoms with Crippen molar-refractivity contribution in [1.29, 1.82) is 0 Å². The molecular weight excluding hydrogens is 530 g/mol. The third kappa shape index (κ3) is 6.43. The number of hydrogen-bond acceptors (Lipinski definition) is 6. The van der Waals surface area contributed by atoms with Crippen LogP contribution >= 0.6 is 0 Å². The van der Waals surface area contributed by atoms with Crippen molar-refractivity contribution in [2.45, 2.75) is 112 Å². The van der Waals surface area contributed by atoms with Gasteiger partial charge in [-0.15, -0.1) is 10.2 Å². The predicted molar refractivity (Wildman–Crippen MR) is 155 cm³/mol. The second kappa shape index (κ2) is 10.9. The lowest BCUT2D eigenvalue weighted by Gasteiger charge is -2.37. The molecule has 7 nitrogen and oxygen atoms in total. The van der Waals surface area contributed by atoms with E-state index in [1.54, 1.807) is 12.3 Å². The number of aromatic nitrogens is 4. The summed E-state index contributed by atoms with van der Waals surface area (Å²) in [5.74, 6) is -1.38. The molecule has 3 heterocycles. The average molecular weight is 575 g/mol. The van der Waals surface area contributed by atoms with Crippen LogP contribution in [-0.4, -0.2) is 39.5 Å². The molecule has 0 aromatic carbocycles. The van der Waals surface area contributed by atoms with E-state index in [1.165, 1.54) is 10.6 Å². The highest BCUT2D eigenvalue weighted by Gasteiger charge is 2.44. The number of rotatable bonds is 8. The summed E-state index contributed by atoms with van der Waals surface area (Å²) in [5, 5.41) is 7.82. The summed E-state index contributed by atoms with van der Waals surface area (Å²) in [6.07, 6.45) is 0.571. The quantitative estimate of drug-likeness (QED) is 0.203. The van der Waals surface area contributed by atoms with Crippen LogP contribution in [0, 0.1) is 19.3 Å². The first-order valence-electron chi connectivity index (χ1n) is 13.6. The van der Waals surface area contributed by atoms with Gasteiger partial charge in [0.25, 0.3) is 6.43 Å². The highest BCUT2D eigenvalue weighted by Crippen LogP contribution is 2.44. The van der Waals surface area contributed by atoms with Crippen molar-refractivity contribution in [2.24, 2.45) is 5.41 Å². The monoisotopic (exact) mass is 574 g/mol. The number of carbonyl (C=O) groups excluding carboxylic acids is 1. The zero-order valence-electron chi connectivity index (χ0n) is 25.9. The molecule has 1 atom stereocenters. The number of nitrogens with zero attached hydrogens (tertiary/aromatic N) is 4. The zero-order valence-corrected chi connectivity index (χ0v) is 26.9. The van der Waals surface area contributed by atoms with Crippen LogP contribution < -0.4 is 0 Å². The highest BCUT2D eigenvalue weighted by atomic mass is 28.4. The summed E-state index contributed by atoms with van der Waals surface area (Å²) in [4.78, 5) is 18.4. The minimum atomic E-state index is -2.77. The number of esters is 1. The average Bonchev–Trinajstić information content (AvgIpc) is 3.24. The van der Waals surface area contributed by atoms with Gasteiger partial charge in [0.2, 0.25) is 5.82 Å². The van der Waals surface area contributed by atoms with Crippen molar-refractivity contribution < 1.29 is 22.7 Å². The van der Waals surface area contributed by atoms with Gasteiger partial charge in [0.05, 0.1) is 12.0 Å². The van der Waals surface area contributed by atoms with E-state index in [-0.39, 0.29) is 11.0 Å². The Morgan fingerprint density at radius 2 is 1.68 bits per heavy atom. The fourth-order valence-corrected chi connectivity index (χ4v) is 5.34. The molecule has 0 N–H and O–H groups in total. The summed E-state index contributed by atoms with van der Waals surface area (Å²) in [6.45, 7) is 24.4. The van der Waals surface area contributed by atoms with Crippen LogP contribution in [0.4, 0.5) is 8.78 Å². The van der Waals surface area contributed by atoms with E-state index in [0.717, 1.165) is 16.7 Å². The maximum absolute atomic E-state index is 13.7. The molecule has 10 heteroatoms. The smallest absolute Gasteiger partial charge is 0.313 e. The van der Waals surface area contributed by atoms with Crippen LogP contribution in [0.15, 0.2) is 24.5 Å². The lowest BCUT2D eigenvalue weighted by atomic mass is 9.71. The fourth-order valence-electron chi connectivity index (χ4n) is 4.39. The van der Waals surface area contributed by atoms with E-state index in [4.69, 9.17) is 14.1 Å². The minimum absolute atomic E-state index is 0.0554. The van der Waals surface area contributed by atoms with Gasteiger partial charge in [-0.2, -0.15) is 0 Å². The molecule has 0 aliphatic rings. The molecule has 0 aliphatic carbocycles. The Bertz CT molecular complexity index is 1390. The van der Waals surface area contributed by atoms with Crippen molar-refractivity contribution >= 4 is 19.9 Å². The molecule has 1 unspecified atom stereocenters. The standard InChI is InChI=1S/C30H44F2N4O3Si/c1-18-16-33-22(15-20(18)17-38-40(11,12)29(6,7)8)23(30(9,10)27(37)39-28(3,4)5)21-13-14-36-25(19(21)2)34-35-26(36)24(31)32/h13-16,23-24H,17H2,1-12H3. The summed E-state index contributed by atoms with van der Waals surface area (Å²) >= 11 is 0. The molecule has 0 bridgehead atoms. The van der Waals surface area contributed by atoms with Crippen LogP contribution in [0.5, 0.6) is 0 Å². The Balaban J connectivity index is 2.19. The summed E-state index contributed by atoms with van der Waals surface area (Å²) in [7, 11) is -2.02. The molecule has 3 aromatic rings. The normalized spacial score (nSPS) is 14.2. The molecule has 0 spiro atoms. The first-order valence-corrected chi connectivity index (χ1v) is 16.5. The third-order valence-corrected chi connectivity index (χ3v) is 12.5. The molecule has 40 heavy (non-hydrogen) atoms. The second-order valence-corrected chi connectivity index (χ2v) is 18.5. The summed E-state index contributed by atoms with van der Waals surface area (Å²) < 4.78 is 40.8. The number of alkyl halides is 2. The van der Waals surface area contributed by atoms with Crippen molar-refractivity contribution in [1.82, 2.24) is 19.6 Å². The first kappa shape index (κ1) is 31.8. The van der Waals surface area contributed by atoms with Gasteiger partial charge in [0, 0.05) is 24.0 Å². The minimum Gasteiger partial charge on any atom is -0.460 e. The zero-order chi connectivity index (χ0) is 30.4. The number of halogens is 2. The topological polar surface area (TPSA) is 78.6 Å². The first-order chi connectivity index (χ1) is 18.2. The SMILES string of the molecule is Cc1cnc(C(c2ccn3c(C(F)F)nnc3c2C)C(C)(C)C(=O)OC(C)(C)C)cc1CO[Si](C)(C)C(C)(C)C. The highest BCUT2D eigenvalue weighted by molar-refractivity contribution is 6.74. The maximum Gasteiger partial charge on any atom is 0.313 e. The van der Waals surface area contributed by atoms with E-state index in [2.05, 4.69) is 44.1 Å². The van der Waals surface area contributed by atoms with Crippen molar-refractivity contribution in [3.05, 3.63) is 58.3 Å². The third-order valence-electron chi connectivity index (χ3n) is 7.97. The van der Waals surface area contributed by atoms with Crippen LogP contribution in [0.2, 0.25) is 18.1 Å². The molecule has 220 valence electrons. The Kier molecular flexibility index (Phi) is 8.69. The molecular formula is C30H44F2N4O3Si. The Morgan fingerprint density at radius 1 is 1.05 bits per heavy atom. The molecule has 0 amide bonds. The van der Waals surface area contributed by atoms with E-state index in [0.29, 0.717) is 23.5 Å². The predicted octanol–water partition coefficient (Wildman–Crippen LogP) is 7.70. The van der Waals surface area contributed by atoms with Gasteiger partial charge in [0.15, 0.2) is 14.0 Å². The Labute approximate surface area is 237 Å². The molecule has 0 fully saturated rings. The van der Waals surface area contributed by atoms with Crippen LogP contribution in [0.1, 0.15) is 102 Å². The molecule has 3 rings (SSSR count). The molecule has 0 saturated carbocycles. The molecule has 0 radical (unpaired) electrons. The lowest BCUT2D eigenvalue weighted by molar-refractivity contribution is -0.166. The van der Waals surface area contributed by atoms with Gasteiger partial charge >= 0.3 is 5.97 Å². The number of pyridine rings is 2. The maximum atomic E-state index is 13.7. The number of aryl methyl sites for hydroxylation is 2. The number of fused-ring (bicyclic) bond motifs is 1. The van der Waals surface area contributed by atoms with Gasteiger partial charge in [-0.3, -0.25) is 14.2 Å². The Morgan fingerprint density at radius 3 is 2.23 bits per heavy atom. The van der Waals surface area contributed by atoms with Crippen LogP contribution in [0.3, 0.4) is 0 Å². The van der Waals surface area contributed by atoms with E-state index in [9.17, 15) is 13.6 Å². The van der Waals surface area contributed by atoms with Gasteiger partial charge in [0.1, 0.15) is 5.60 Å². The number of ether oxygens (including phenoxy) is 1. The van der Waals surface area contributed by atoms with E-state index in [1.807, 2.05) is 54.5 Å². The fraction of sp³-hybridized carbons (Fsp3) is 0.600. The number of hydrogen-bond donors (Lipinski definition) is 0. The molecule has 3 aromatic heterocycles. The van der Waals surface area contributed by atoms with Crippen molar-refractivity contribution in [3.8, 4) is 0 Å². The summed E-state index contributed by atoms with van der Waals surface area (Å²) in [6, 6.07) is 3.75. The number of carbonyl (C=O) groups is 1. The van der Waals surface area contributed by atoms with Crippen LogP contribution in [-0.2, 0) is 20.6 Å². The van der Waals surface area contributed by atoms with Crippen molar-refractivity contribution in [3.63, 3.8) is 0 Å². The van der Waals surface area contributed by atoms with Crippen LogP contribution in [0.25, 0.3) is 5.65 Å². The lowest BCUT2D eigenvalue weighted by Crippen LogP contribution is -2.40. The van der Waals surface area contributed by atoms with Gasteiger partial charge < -0.3 is 9.16 Å². The summed E-state index contributed by atoms with van der Waals surface area (Å²) in [5.41, 5.74) is 2.57. The van der Waals surface area contributed by atoms with Gasteiger partial charge in [-0.05, 0) is 101 Å². The van der Waals surface area contributed by atoms with E-state index >= 15 is 0 Å². The van der Waals surface area contributed by atoms with Crippen molar-refractivity contribution in [2.75, 3.05) is 0 Å². The molecule has 0 saturated heterocycles. The second-order valence-electron chi connectivity index (χ2n) is 13.7. The Hall–Kier alpha value is -2.72.